The van der Waals surface area contributed by atoms with E-state index >= 15 is 0 Å². The first-order valence-electron chi connectivity index (χ1n) is 7.11. The zero-order valence-electron chi connectivity index (χ0n) is 11.6. The van der Waals surface area contributed by atoms with Gasteiger partial charge in [0.2, 0.25) is 0 Å². The number of urea groups is 1. The maximum absolute atomic E-state index is 12.2. The number of piperidine rings is 1. The van der Waals surface area contributed by atoms with Gasteiger partial charge < -0.3 is 15.5 Å². The Morgan fingerprint density at radius 1 is 1.42 bits per heavy atom. The number of benzene rings is 1. The number of amides is 2. The van der Waals surface area contributed by atoms with Gasteiger partial charge in [-0.3, -0.25) is 0 Å². The molecule has 1 unspecified atom stereocenters. The summed E-state index contributed by atoms with van der Waals surface area (Å²) >= 11 is 0. The minimum absolute atomic E-state index is 0.000673. The van der Waals surface area contributed by atoms with E-state index in [0.717, 1.165) is 31.9 Å². The molecule has 0 bridgehead atoms. The molecule has 1 saturated heterocycles. The third kappa shape index (κ3) is 4.24. The number of hydrogen-bond acceptors (Lipinski definition) is 2. The smallest absolute Gasteiger partial charge is 0.321 e. The number of anilines is 1. The van der Waals surface area contributed by atoms with E-state index in [0.29, 0.717) is 5.92 Å². The maximum atomic E-state index is 12.2. The Morgan fingerprint density at radius 2 is 2.21 bits per heavy atom. The Hall–Kier alpha value is -1.55. The van der Waals surface area contributed by atoms with Crippen LogP contribution in [0.4, 0.5) is 10.5 Å². The third-order valence-corrected chi connectivity index (χ3v) is 3.57. The average molecular weight is 261 g/mol. The molecule has 4 nitrogen and oxygen atoms in total. The van der Waals surface area contributed by atoms with Gasteiger partial charge in [-0.15, -0.1) is 0 Å². The first-order chi connectivity index (χ1) is 9.29. The molecule has 4 heteroatoms. The molecule has 0 aromatic heterocycles. The van der Waals surface area contributed by atoms with E-state index in [1.807, 2.05) is 42.2 Å². The molecule has 2 rings (SSSR count). The van der Waals surface area contributed by atoms with Crippen molar-refractivity contribution in [1.82, 2.24) is 10.2 Å². The standard InChI is InChI=1S/C15H23N3O/c1-2-18(12-13-7-6-10-16-11-13)15(19)17-14-8-4-3-5-9-14/h3-5,8-9,13,16H,2,6-7,10-12H2,1H3,(H,17,19). The van der Waals surface area contributed by atoms with Crippen molar-refractivity contribution in [2.24, 2.45) is 5.92 Å². The zero-order valence-corrected chi connectivity index (χ0v) is 11.6. The molecular formula is C15H23N3O. The van der Waals surface area contributed by atoms with Gasteiger partial charge in [0.1, 0.15) is 0 Å². The highest BCUT2D eigenvalue weighted by Crippen LogP contribution is 2.13. The third-order valence-electron chi connectivity index (χ3n) is 3.57. The summed E-state index contributed by atoms with van der Waals surface area (Å²) in [6.45, 7) is 5.74. The molecule has 0 saturated carbocycles. The molecule has 1 atom stereocenters. The summed E-state index contributed by atoms with van der Waals surface area (Å²) in [6.07, 6.45) is 2.42. The number of rotatable bonds is 4. The first kappa shape index (κ1) is 13.9. The van der Waals surface area contributed by atoms with Crippen molar-refractivity contribution in [2.45, 2.75) is 19.8 Å². The molecule has 104 valence electrons. The summed E-state index contributed by atoms with van der Waals surface area (Å²) in [7, 11) is 0. The second-order valence-electron chi connectivity index (χ2n) is 5.05. The largest absolute Gasteiger partial charge is 0.324 e. The van der Waals surface area contributed by atoms with Gasteiger partial charge in [0.05, 0.1) is 0 Å². The van der Waals surface area contributed by atoms with Crippen molar-refractivity contribution in [1.29, 1.82) is 0 Å². The lowest BCUT2D eigenvalue weighted by atomic mass is 9.99. The van der Waals surface area contributed by atoms with Gasteiger partial charge in [-0.05, 0) is 50.9 Å². The molecule has 2 amide bonds. The van der Waals surface area contributed by atoms with E-state index in [-0.39, 0.29) is 6.03 Å². The fourth-order valence-electron chi connectivity index (χ4n) is 2.47. The Balaban J connectivity index is 1.87. The predicted octanol–water partition coefficient (Wildman–Crippen LogP) is 2.54. The minimum atomic E-state index is -0.000673. The van der Waals surface area contributed by atoms with Crippen LogP contribution in [0.3, 0.4) is 0 Å². The summed E-state index contributed by atoms with van der Waals surface area (Å²) in [4.78, 5) is 14.1. The second-order valence-corrected chi connectivity index (χ2v) is 5.05. The molecule has 1 aliphatic rings. The van der Waals surface area contributed by atoms with E-state index in [2.05, 4.69) is 10.6 Å². The summed E-state index contributed by atoms with van der Waals surface area (Å²) in [5.41, 5.74) is 0.854. The van der Waals surface area contributed by atoms with Crippen molar-refractivity contribution in [2.75, 3.05) is 31.5 Å². The van der Waals surface area contributed by atoms with E-state index in [1.54, 1.807) is 0 Å². The van der Waals surface area contributed by atoms with Crippen LogP contribution in [0.5, 0.6) is 0 Å². The van der Waals surface area contributed by atoms with Crippen molar-refractivity contribution in [3.8, 4) is 0 Å². The fourth-order valence-corrected chi connectivity index (χ4v) is 2.47. The Bertz CT molecular complexity index is 388. The van der Waals surface area contributed by atoms with E-state index in [9.17, 15) is 4.79 Å². The Morgan fingerprint density at radius 3 is 2.84 bits per heavy atom. The van der Waals surface area contributed by atoms with E-state index in [1.165, 1.54) is 12.8 Å². The number of nitrogens with zero attached hydrogens (tertiary/aromatic N) is 1. The molecule has 2 N–H and O–H groups in total. The average Bonchev–Trinajstić information content (AvgIpc) is 2.47. The summed E-state index contributed by atoms with van der Waals surface area (Å²) in [5.74, 6) is 0.579. The number of hydrogen-bond donors (Lipinski definition) is 2. The SMILES string of the molecule is CCN(CC1CCCNC1)C(=O)Nc1ccccc1. The van der Waals surface area contributed by atoms with Crippen molar-refractivity contribution in [3.63, 3.8) is 0 Å². The highest BCUT2D eigenvalue weighted by atomic mass is 16.2. The highest BCUT2D eigenvalue weighted by molar-refractivity contribution is 5.89. The van der Waals surface area contributed by atoms with Crippen molar-refractivity contribution >= 4 is 11.7 Å². The van der Waals surface area contributed by atoms with Crippen LogP contribution in [-0.4, -0.2) is 37.1 Å². The molecular weight excluding hydrogens is 238 g/mol. The zero-order chi connectivity index (χ0) is 13.5. The van der Waals surface area contributed by atoms with E-state index in [4.69, 9.17) is 0 Å². The van der Waals surface area contributed by atoms with Crippen LogP contribution in [0, 0.1) is 5.92 Å². The minimum Gasteiger partial charge on any atom is -0.324 e. The van der Waals surface area contributed by atoms with Crippen LogP contribution in [0.25, 0.3) is 0 Å². The van der Waals surface area contributed by atoms with Crippen LogP contribution in [0.2, 0.25) is 0 Å². The molecule has 1 aromatic carbocycles. The van der Waals surface area contributed by atoms with Crippen LogP contribution in [0.1, 0.15) is 19.8 Å². The molecule has 19 heavy (non-hydrogen) atoms. The van der Waals surface area contributed by atoms with Gasteiger partial charge in [0, 0.05) is 18.8 Å². The molecule has 0 aliphatic carbocycles. The molecule has 0 spiro atoms. The van der Waals surface area contributed by atoms with Gasteiger partial charge >= 0.3 is 6.03 Å². The molecule has 1 aliphatic heterocycles. The topological polar surface area (TPSA) is 44.4 Å². The summed E-state index contributed by atoms with van der Waals surface area (Å²) < 4.78 is 0. The van der Waals surface area contributed by atoms with Crippen molar-refractivity contribution in [3.05, 3.63) is 30.3 Å². The van der Waals surface area contributed by atoms with Gasteiger partial charge in [-0.25, -0.2) is 4.79 Å². The van der Waals surface area contributed by atoms with Crippen molar-refractivity contribution < 1.29 is 4.79 Å². The van der Waals surface area contributed by atoms with Gasteiger partial charge in [0.25, 0.3) is 0 Å². The number of para-hydroxylation sites is 1. The normalized spacial score (nSPS) is 18.9. The Labute approximate surface area is 115 Å². The molecule has 1 fully saturated rings. The second kappa shape index (κ2) is 7.14. The van der Waals surface area contributed by atoms with Crippen LogP contribution in [-0.2, 0) is 0 Å². The molecule has 0 radical (unpaired) electrons. The Kier molecular flexibility index (Phi) is 5.21. The lowest BCUT2D eigenvalue weighted by Crippen LogP contribution is -2.42. The van der Waals surface area contributed by atoms with Gasteiger partial charge in [-0.2, -0.15) is 0 Å². The number of carbonyl (C=O) groups is 1. The van der Waals surface area contributed by atoms with Gasteiger partial charge in [-0.1, -0.05) is 18.2 Å². The lowest BCUT2D eigenvalue weighted by Gasteiger charge is -2.29. The maximum Gasteiger partial charge on any atom is 0.321 e. The van der Waals surface area contributed by atoms with Crippen LogP contribution in [0.15, 0.2) is 30.3 Å². The first-order valence-corrected chi connectivity index (χ1v) is 7.11. The van der Waals surface area contributed by atoms with Crippen LogP contribution < -0.4 is 10.6 Å². The monoisotopic (exact) mass is 261 g/mol. The summed E-state index contributed by atoms with van der Waals surface area (Å²) in [6, 6.07) is 9.62. The predicted molar refractivity (Wildman–Crippen MR) is 78.3 cm³/mol. The highest BCUT2D eigenvalue weighted by Gasteiger charge is 2.19. The molecule has 1 heterocycles. The quantitative estimate of drug-likeness (QED) is 0.875. The van der Waals surface area contributed by atoms with Crippen LogP contribution >= 0.6 is 0 Å². The fraction of sp³-hybridized carbons (Fsp3) is 0.533. The van der Waals surface area contributed by atoms with Gasteiger partial charge in [0.15, 0.2) is 0 Å². The number of nitrogens with one attached hydrogen (secondary N) is 2. The molecule has 1 aromatic rings. The lowest BCUT2D eigenvalue weighted by molar-refractivity contribution is 0.197. The van der Waals surface area contributed by atoms with E-state index < -0.39 is 0 Å². The number of carbonyl (C=O) groups excluding carboxylic acids is 1. The summed E-state index contributed by atoms with van der Waals surface area (Å²) in [5, 5.41) is 6.34.